The maximum absolute atomic E-state index is 5.74. The molecule has 142 valence electrons. The second kappa shape index (κ2) is 8.62. The van der Waals surface area contributed by atoms with Gasteiger partial charge in [0.25, 0.3) is 0 Å². The average molecular weight is 411 g/mol. The Bertz CT molecular complexity index is 937. The van der Waals surface area contributed by atoms with Gasteiger partial charge < -0.3 is 8.83 Å². The molecule has 0 spiro atoms. The van der Waals surface area contributed by atoms with Gasteiger partial charge in [0.05, 0.1) is 0 Å². The Hall–Kier alpha value is -2.58. The van der Waals surface area contributed by atoms with Crippen LogP contribution in [-0.4, -0.2) is 20.4 Å². The molecular formula is C20H18N4O2S2. The van der Waals surface area contributed by atoms with Crippen LogP contribution in [0.5, 0.6) is 0 Å². The summed E-state index contributed by atoms with van der Waals surface area (Å²) in [5.41, 5.74) is 2.19. The Morgan fingerprint density at radius 1 is 0.607 bits per heavy atom. The third-order valence-electron chi connectivity index (χ3n) is 3.98. The number of nitrogens with zero attached hydrogens (tertiary/aromatic N) is 4. The van der Waals surface area contributed by atoms with E-state index in [0.717, 1.165) is 11.1 Å². The summed E-state index contributed by atoms with van der Waals surface area (Å²) >= 11 is 0. The zero-order valence-electron chi connectivity index (χ0n) is 15.4. The van der Waals surface area contributed by atoms with Gasteiger partial charge in [0.2, 0.25) is 23.6 Å². The van der Waals surface area contributed by atoms with Crippen molar-refractivity contribution in [2.45, 2.75) is 24.3 Å². The normalized spacial score (nSPS) is 13.4. The molecule has 0 aliphatic heterocycles. The first kappa shape index (κ1) is 18.8. The molecule has 8 heteroatoms. The highest BCUT2D eigenvalue weighted by Gasteiger charge is 2.27. The standard InChI is InChI=1S/C20H18N4O2S2/c1-13-21-23-19(25-13)17(15-9-5-3-6-10-15)27-28-18(16-11-7-4-8-12-16)20-24-22-14(2)26-20/h3-12,17-18H,1-2H3. The van der Waals surface area contributed by atoms with E-state index in [1.807, 2.05) is 36.4 Å². The molecule has 4 aromatic rings. The molecule has 28 heavy (non-hydrogen) atoms. The minimum absolute atomic E-state index is 0.109. The lowest BCUT2D eigenvalue weighted by Gasteiger charge is -2.17. The Labute approximate surface area is 170 Å². The Morgan fingerprint density at radius 2 is 1.00 bits per heavy atom. The molecule has 0 amide bonds. The van der Waals surface area contributed by atoms with Gasteiger partial charge in [-0.05, 0) is 11.1 Å². The third kappa shape index (κ3) is 4.28. The van der Waals surface area contributed by atoms with Crippen LogP contribution >= 0.6 is 21.6 Å². The first-order valence-corrected chi connectivity index (χ1v) is 11.0. The van der Waals surface area contributed by atoms with Crippen LogP contribution in [0.15, 0.2) is 69.5 Å². The van der Waals surface area contributed by atoms with Gasteiger partial charge in [-0.3, -0.25) is 0 Å². The second-order valence-corrected chi connectivity index (χ2v) is 8.57. The van der Waals surface area contributed by atoms with Crippen LogP contribution < -0.4 is 0 Å². The van der Waals surface area contributed by atoms with Gasteiger partial charge in [-0.25, -0.2) is 0 Å². The first-order chi connectivity index (χ1) is 13.7. The molecule has 6 nitrogen and oxygen atoms in total. The fourth-order valence-electron chi connectivity index (χ4n) is 2.68. The number of hydrogen-bond donors (Lipinski definition) is 0. The van der Waals surface area contributed by atoms with Gasteiger partial charge in [0.1, 0.15) is 10.5 Å². The fourth-order valence-corrected chi connectivity index (χ4v) is 5.62. The van der Waals surface area contributed by atoms with Gasteiger partial charge >= 0.3 is 0 Å². The van der Waals surface area contributed by atoms with E-state index in [-0.39, 0.29) is 10.5 Å². The minimum atomic E-state index is -0.109. The lowest BCUT2D eigenvalue weighted by Crippen LogP contribution is -2.00. The Balaban J connectivity index is 1.63. The van der Waals surface area contributed by atoms with Crippen molar-refractivity contribution in [3.05, 3.63) is 95.4 Å². The summed E-state index contributed by atoms with van der Waals surface area (Å²) in [6.07, 6.45) is 0. The molecule has 2 unspecified atom stereocenters. The molecular weight excluding hydrogens is 392 g/mol. The van der Waals surface area contributed by atoms with Gasteiger partial charge in [0, 0.05) is 13.8 Å². The van der Waals surface area contributed by atoms with Crippen molar-refractivity contribution in [3.63, 3.8) is 0 Å². The van der Waals surface area contributed by atoms with E-state index < -0.39 is 0 Å². The highest BCUT2D eigenvalue weighted by atomic mass is 33.1. The quantitative estimate of drug-likeness (QED) is 0.378. The maximum atomic E-state index is 5.74. The van der Waals surface area contributed by atoms with Crippen LogP contribution in [-0.2, 0) is 0 Å². The van der Waals surface area contributed by atoms with E-state index >= 15 is 0 Å². The van der Waals surface area contributed by atoms with E-state index in [9.17, 15) is 0 Å². The summed E-state index contributed by atoms with van der Waals surface area (Å²) in [6, 6.07) is 20.3. The van der Waals surface area contributed by atoms with Crippen LogP contribution in [0.1, 0.15) is 45.2 Å². The van der Waals surface area contributed by atoms with Gasteiger partial charge in [0.15, 0.2) is 0 Å². The SMILES string of the molecule is Cc1nnc(C(SSC(c2ccccc2)c2nnc(C)o2)c2ccccc2)o1. The summed E-state index contributed by atoms with van der Waals surface area (Å²) in [7, 11) is 3.28. The van der Waals surface area contributed by atoms with Crippen LogP contribution in [0, 0.1) is 13.8 Å². The topological polar surface area (TPSA) is 77.8 Å². The zero-order valence-corrected chi connectivity index (χ0v) is 17.0. The van der Waals surface area contributed by atoms with Crippen molar-refractivity contribution in [2.24, 2.45) is 0 Å². The predicted octanol–water partition coefficient (Wildman–Crippen LogP) is 5.33. The monoisotopic (exact) mass is 410 g/mol. The summed E-state index contributed by atoms with van der Waals surface area (Å²) in [6.45, 7) is 3.59. The largest absolute Gasteiger partial charge is 0.424 e. The first-order valence-electron chi connectivity index (χ1n) is 8.73. The molecule has 0 saturated carbocycles. The fraction of sp³-hybridized carbons (Fsp3) is 0.200. The van der Waals surface area contributed by atoms with E-state index in [1.165, 1.54) is 0 Å². The third-order valence-corrected chi connectivity index (χ3v) is 6.92. The lowest BCUT2D eigenvalue weighted by atomic mass is 10.1. The molecule has 0 bridgehead atoms. The predicted molar refractivity (Wildman–Crippen MR) is 110 cm³/mol. The summed E-state index contributed by atoms with van der Waals surface area (Å²) in [5.74, 6) is 2.26. The van der Waals surface area contributed by atoms with Crippen LogP contribution in [0.25, 0.3) is 0 Å². The van der Waals surface area contributed by atoms with Crippen LogP contribution in [0.4, 0.5) is 0 Å². The van der Waals surface area contributed by atoms with Gasteiger partial charge in [-0.2, -0.15) is 0 Å². The van der Waals surface area contributed by atoms with Crippen molar-refractivity contribution < 1.29 is 8.83 Å². The number of aryl methyl sites for hydroxylation is 2. The molecule has 0 radical (unpaired) electrons. The number of hydrogen-bond acceptors (Lipinski definition) is 8. The van der Waals surface area contributed by atoms with Gasteiger partial charge in [-0.15, -0.1) is 20.4 Å². The highest BCUT2D eigenvalue weighted by Crippen LogP contribution is 2.50. The van der Waals surface area contributed by atoms with Crippen molar-refractivity contribution in [1.29, 1.82) is 0 Å². The Morgan fingerprint density at radius 3 is 1.32 bits per heavy atom. The molecule has 0 aliphatic carbocycles. The molecule has 0 aliphatic rings. The molecule has 2 heterocycles. The molecule has 2 aromatic carbocycles. The van der Waals surface area contributed by atoms with Crippen LogP contribution in [0.2, 0.25) is 0 Å². The molecule has 0 saturated heterocycles. The van der Waals surface area contributed by atoms with E-state index in [4.69, 9.17) is 8.83 Å². The van der Waals surface area contributed by atoms with Crippen molar-refractivity contribution >= 4 is 21.6 Å². The molecule has 0 N–H and O–H groups in total. The van der Waals surface area contributed by atoms with Crippen molar-refractivity contribution in [2.75, 3.05) is 0 Å². The summed E-state index contributed by atoms with van der Waals surface area (Å²) in [4.78, 5) is 0. The Kier molecular flexibility index (Phi) is 5.78. The number of rotatable bonds is 7. The molecule has 2 aromatic heterocycles. The smallest absolute Gasteiger partial charge is 0.234 e. The number of aromatic nitrogens is 4. The van der Waals surface area contributed by atoms with Crippen LogP contribution in [0.3, 0.4) is 0 Å². The minimum Gasteiger partial charge on any atom is -0.424 e. The van der Waals surface area contributed by atoms with E-state index in [1.54, 1.807) is 35.4 Å². The van der Waals surface area contributed by atoms with E-state index in [0.29, 0.717) is 23.6 Å². The maximum Gasteiger partial charge on any atom is 0.234 e. The van der Waals surface area contributed by atoms with E-state index in [2.05, 4.69) is 44.7 Å². The van der Waals surface area contributed by atoms with Crippen molar-refractivity contribution in [3.8, 4) is 0 Å². The molecule has 4 rings (SSSR count). The highest BCUT2D eigenvalue weighted by molar-refractivity contribution is 8.76. The zero-order chi connectivity index (χ0) is 19.3. The second-order valence-electron chi connectivity index (χ2n) is 6.09. The van der Waals surface area contributed by atoms with Gasteiger partial charge in [-0.1, -0.05) is 82.3 Å². The molecule has 0 fully saturated rings. The van der Waals surface area contributed by atoms with Crippen molar-refractivity contribution in [1.82, 2.24) is 20.4 Å². The lowest BCUT2D eigenvalue weighted by molar-refractivity contribution is 0.474. The summed E-state index contributed by atoms with van der Waals surface area (Å²) in [5, 5.41) is 16.3. The molecule has 2 atom stereocenters. The number of benzene rings is 2. The average Bonchev–Trinajstić information content (AvgIpc) is 3.35. The summed E-state index contributed by atoms with van der Waals surface area (Å²) < 4.78 is 11.5.